The van der Waals surface area contributed by atoms with Crippen molar-refractivity contribution in [2.75, 3.05) is 34.3 Å². The fourth-order valence-corrected chi connectivity index (χ4v) is 1.81. The molecule has 0 saturated carbocycles. The average Bonchev–Trinajstić information content (AvgIpc) is 2.10. The number of quaternary nitrogens is 1. The molecule has 0 aromatic carbocycles. The summed E-state index contributed by atoms with van der Waals surface area (Å²) in [5.41, 5.74) is 0. The van der Waals surface area contributed by atoms with Crippen LogP contribution in [-0.4, -0.2) is 44.9 Å². The second-order valence-corrected chi connectivity index (χ2v) is 4.72. The van der Waals surface area contributed by atoms with Gasteiger partial charge in [0.05, 0.1) is 40.4 Å². The highest BCUT2D eigenvalue weighted by molar-refractivity contribution is 4.69. The molecule has 1 saturated heterocycles. The van der Waals surface area contributed by atoms with E-state index in [2.05, 4.69) is 28.1 Å². The Kier molecular flexibility index (Phi) is 5.02. The van der Waals surface area contributed by atoms with Crippen LogP contribution in [0.2, 0.25) is 0 Å². The van der Waals surface area contributed by atoms with Gasteiger partial charge in [-0.1, -0.05) is 0 Å². The maximum absolute atomic E-state index is 5.50. The molecule has 1 heterocycles. The third-order valence-corrected chi connectivity index (χ3v) is 2.09. The first-order chi connectivity index (χ1) is 4.97. The van der Waals surface area contributed by atoms with Crippen molar-refractivity contribution < 1.29 is 33.2 Å². The maximum Gasteiger partial charge on any atom is 0.0832 e. The molecule has 1 fully saturated rings. The average molecular weight is 285 g/mol. The molecule has 0 amide bonds. The van der Waals surface area contributed by atoms with E-state index >= 15 is 0 Å². The standard InChI is InChI=1S/C9H20NO.HI/c1-8-5-9(7-11-8)6-10(2,3)4;/h8-9H,5-7H2,1-4H3;1H/q+1;/p-1/t8-,9-;/m0./s1. The van der Waals surface area contributed by atoms with Gasteiger partial charge in [-0.05, 0) is 13.3 Å². The van der Waals surface area contributed by atoms with Gasteiger partial charge in [0.1, 0.15) is 0 Å². The molecule has 1 aliphatic heterocycles. The highest BCUT2D eigenvalue weighted by Gasteiger charge is 2.26. The topological polar surface area (TPSA) is 9.23 Å². The van der Waals surface area contributed by atoms with Gasteiger partial charge < -0.3 is 33.2 Å². The van der Waals surface area contributed by atoms with E-state index in [1.807, 2.05) is 0 Å². The number of hydrogen-bond acceptors (Lipinski definition) is 1. The minimum atomic E-state index is 0. The van der Waals surface area contributed by atoms with Gasteiger partial charge in [0.2, 0.25) is 0 Å². The predicted octanol–water partition coefficient (Wildman–Crippen LogP) is -1.88. The van der Waals surface area contributed by atoms with E-state index in [0.29, 0.717) is 6.10 Å². The lowest BCUT2D eigenvalue weighted by molar-refractivity contribution is -0.873. The van der Waals surface area contributed by atoms with Gasteiger partial charge in [0.25, 0.3) is 0 Å². The molecule has 0 unspecified atom stereocenters. The quantitative estimate of drug-likeness (QED) is 0.426. The molecule has 1 rings (SSSR count). The van der Waals surface area contributed by atoms with Gasteiger partial charge >= 0.3 is 0 Å². The lowest BCUT2D eigenvalue weighted by Crippen LogP contribution is -3.00. The number of nitrogens with zero attached hydrogens (tertiary/aromatic N) is 1. The first-order valence-corrected chi connectivity index (χ1v) is 4.39. The SMILES string of the molecule is C[C@H]1C[C@@H](C[N+](C)(C)C)CO1.[I-]. The molecule has 0 aromatic rings. The molecule has 0 N–H and O–H groups in total. The molecule has 0 radical (unpaired) electrons. The summed E-state index contributed by atoms with van der Waals surface area (Å²) in [5.74, 6) is 0.782. The van der Waals surface area contributed by atoms with Crippen LogP contribution >= 0.6 is 0 Å². The lowest BCUT2D eigenvalue weighted by atomic mass is 10.1. The molecule has 0 aliphatic carbocycles. The smallest absolute Gasteiger partial charge is 0.0832 e. The first kappa shape index (κ1) is 12.7. The normalized spacial score (nSPS) is 30.0. The molecule has 0 bridgehead atoms. The van der Waals surface area contributed by atoms with Crippen LogP contribution in [0.4, 0.5) is 0 Å². The fourth-order valence-electron chi connectivity index (χ4n) is 1.81. The van der Waals surface area contributed by atoms with Crippen molar-refractivity contribution in [3.63, 3.8) is 0 Å². The van der Waals surface area contributed by atoms with Crippen LogP contribution in [0.25, 0.3) is 0 Å². The van der Waals surface area contributed by atoms with Crippen LogP contribution in [-0.2, 0) is 4.74 Å². The van der Waals surface area contributed by atoms with Crippen LogP contribution in [0, 0.1) is 5.92 Å². The van der Waals surface area contributed by atoms with Crippen LogP contribution < -0.4 is 24.0 Å². The minimum Gasteiger partial charge on any atom is -1.00 e. The van der Waals surface area contributed by atoms with E-state index in [4.69, 9.17) is 4.74 Å². The summed E-state index contributed by atoms with van der Waals surface area (Å²) in [6.45, 7) is 4.37. The van der Waals surface area contributed by atoms with Crippen molar-refractivity contribution in [1.82, 2.24) is 0 Å². The van der Waals surface area contributed by atoms with Crippen LogP contribution in [0.15, 0.2) is 0 Å². The largest absolute Gasteiger partial charge is 1.00 e. The van der Waals surface area contributed by atoms with Gasteiger partial charge in [-0.3, -0.25) is 0 Å². The fraction of sp³-hybridized carbons (Fsp3) is 1.00. The molecule has 1 aliphatic rings. The third-order valence-electron chi connectivity index (χ3n) is 2.09. The summed E-state index contributed by atoms with van der Waals surface area (Å²) < 4.78 is 6.56. The zero-order valence-electron chi connectivity index (χ0n) is 8.51. The Balaban J connectivity index is 0.00000121. The lowest BCUT2D eigenvalue weighted by Gasteiger charge is -2.26. The van der Waals surface area contributed by atoms with Crippen molar-refractivity contribution in [3.05, 3.63) is 0 Å². The van der Waals surface area contributed by atoms with E-state index in [1.54, 1.807) is 0 Å². The summed E-state index contributed by atoms with van der Waals surface area (Å²) in [6.07, 6.45) is 1.74. The Morgan fingerprint density at radius 1 is 1.33 bits per heavy atom. The summed E-state index contributed by atoms with van der Waals surface area (Å²) in [4.78, 5) is 0. The Morgan fingerprint density at radius 3 is 2.25 bits per heavy atom. The number of hydrogen-bond donors (Lipinski definition) is 0. The second kappa shape index (κ2) is 4.77. The summed E-state index contributed by atoms with van der Waals surface area (Å²) in [5, 5.41) is 0. The summed E-state index contributed by atoms with van der Waals surface area (Å²) >= 11 is 0. The highest BCUT2D eigenvalue weighted by Crippen LogP contribution is 2.20. The van der Waals surface area contributed by atoms with Crippen molar-refractivity contribution >= 4 is 0 Å². The molecular weight excluding hydrogens is 265 g/mol. The van der Waals surface area contributed by atoms with Crippen LogP contribution in [0.3, 0.4) is 0 Å². The van der Waals surface area contributed by atoms with Gasteiger partial charge in [-0.25, -0.2) is 0 Å². The monoisotopic (exact) mass is 285 g/mol. The van der Waals surface area contributed by atoms with Gasteiger partial charge in [-0.2, -0.15) is 0 Å². The Morgan fingerprint density at radius 2 is 1.92 bits per heavy atom. The highest BCUT2D eigenvalue weighted by atomic mass is 127. The van der Waals surface area contributed by atoms with Crippen LogP contribution in [0.1, 0.15) is 13.3 Å². The molecular formula is C9H20INO. The molecule has 2 atom stereocenters. The minimum absolute atomic E-state index is 0. The Labute approximate surface area is 92.9 Å². The predicted molar refractivity (Wildman–Crippen MR) is 46.4 cm³/mol. The third kappa shape index (κ3) is 4.62. The molecule has 0 spiro atoms. The van der Waals surface area contributed by atoms with Gasteiger partial charge in [0, 0.05) is 5.92 Å². The van der Waals surface area contributed by atoms with Gasteiger partial charge in [-0.15, -0.1) is 0 Å². The molecule has 3 heteroatoms. The van der Waals surface area contributed by atoms with Crippen molar-refractivity contribution in [2.45, 2.75) is 19.4 Å². The zero-order chi connectivity index (χ0) is 8.48. The first-order valence-electron chi connectivity index (χ1n) is 4.39. The van der Waals surface area contributed by atoms with E-state index < -0.39 is 0 Å². The van der Waals surface area contributed by atoms with Crippen molar-refractivity contribution in [3.8, 4) is 0 Å². The summed E-state index contributed by atoms with van der Waals surface area (Å²) in [6, 6.07) is 0. The van der Waals surface area contributed by atoms with E-state index in [0.717, 1.165) is 17.0 Å². The number of halogens is 1. The Hall–Kier alpha value is 0.650. The zero-order valence-corrected chi connectivity index (χ0v) is 10.7. The van der Waals surface area contributed by atoms with E-state index in [9.17, 15) is 0 Å². The maximum atomic E-state index is 5.50. The molecule has 74 valence electrons. The van der Waals surface area contributed by atoms with Crippen LogP contribution in [0.5, 0.6) is 0 Å². The Bertz CT molecular complexity index is 133. The second-order valence-electron chi connectivity index (χ2n) is 4.72. The number of ether oxygens (including phenoxy) is 1. The molecule has 0 aromatic heterocycles. The number of rotatable bonds is 2. The van der Waals surface area contributed by atoms with Crippen molar-refractivity contribution in [1.29, 1.82) is 0 Å². The van der Waals surface area contributed by atoms with Gasteiger partial charge in [0.15, 0.2) is 0 Å². The molecule has 2 nitrogen and oxygen atoms in total. The molecule has 12 heavy (non-hydrogen) atoms. The summed E-state index contributed by atoms with van der Waals surface area (Å²) in [7, 11) is 6.72. The van der Waals surface area contributed by atoms with E-state index in [-0.39, 0.29) is 24.0 Å². The van der Waals surface area contributed by atoms with E-state index in [1.165, 1.54) is 13.0 Å². The van der Waals surface area contributed by atoms with Crippen molar-refractivity contribution in [2.24, 2.45) is 5.92 Å².